The van der Waals surface area contributed by atoms with Crippen molar-refractivity contribution in [2.75, 3.05) is 6.61 Å². The maximum Gasteiger partial charge on any atom is 0.221 e. The Bertz CT molecular complexity index is 436. The third kappa shape index (κ3) is 3.35. The lowest BCUT2D eigenvalue weighted by atomic mass is 9.96. The standard InChI is InChI=1S/C14H21ClN2O/c1-9-11(15)16-13(14(2,3)4)17-12(9)18-8-7-10-5-6-10/h10H,5-8H2,1-4H3. The maximum atomic E-state index is 6.15. The molecule has 18 heavy (non-hydrogen) atoms. The predicted molar refractivity (Wildman–Crippen MR) is 73.3 cm³/mol. The molecular formula is C14H21ClN2O. The highest BCUT2D eigenvalue weighted by Crippen LogP contribution is 2.33. The quantitative estimate of drug-likeness (QED) is 0.777. The molecule has 1 aliphatic rings. The fraction of sp³-hybridized carbons (Fsp3) is 0.714. The Morgan fingerprint density at radius 1 is 1.28 bits per heavy atom. The molecule has 0 aromatic carbocycles. The van der Waals surface area contributed by atoms with E-state index in [-0.39, 0.29) is 5.41 Å². The fourth-order valence-electron chi connectivity index (χ4n) is 1.67. The highest BCUT2D eigenvalue weighted by atomic mass is 35.5. The number of ether oxygens (including phenoxy) is 1. The fourth-order valence-corrected chi connectivity index (χ4v) is 1.84. The molecule has 0 unspecified atom stereocenters. The molecule has 100 valence electrons. The zero-order valence-corrected chi connectivity index (χ0v) is 12.3. The van der Waals surface area contributed by atoms with E-state index in [1.54, 1.807) is 0 Å². The van der Waals surface area contributed by atoms with E-state index in [9.17, 15) is 0 Å². The van der Waals surface area contributed by atoms with Crippen molar-refractivity contribution >= 4 is 11.6 Å². The van der Waals surface area contributed by atoms with Gasteiger partial charge in [-0.05, 0) is 19.3 Å². The number of hydrogen-bond donors (Lipinski definition) is 0. The number of aromatic nitrogens is 2. The van der Waals surface area contributed by atoms with E-state index < -0.39 is 0 Å². The van der Waals surface area contributed by atoms with Crippen molar-refractivity contribution in [3.8, 4) is 5.88 Å². The summed E-state index contributed by atoms with van der Waals surface area (Å²) in [4.78, 5) is 8.84. The third-order valence-electron chi connectivity index (χ3n) is 3.17. The topological polar surface area (TPSA) is 35.0 Å². The summed E-state index contributed by atoms with van der Waals surface area (Å²) >= 11 is 6.15. The molecule has 0 saturated heterocycles. The molecular weight excluding hydrogens is 248 g/mol. The Labute approximate surface area is 114 Å². The maximum absolute atomic E-state index is 6.15. The molecule has 1 fully saturated rings. The van der Waals surface area contributed by atoms with Crippen LogP contribution in [0, 0.1) is 12.8 Å². The van der Waals surface area contributed by atoms with Crippen LogP contribution in [-0.2, 0) is 5.41 Å². The molecule has 1 heterocycles. The first kappa shape index (κ1) is 13.6. The first-order valence-corrected chi connectivity index (χ1v) is 6.93. The molecule has 2 rings (SSSR count). The van der Waals surface area contributed by atoms with Crippen molar-refractivity contribution in [3.05, 3.63) is 16.5 Å². The lowest BCUT2D eigenvalue weighted by molar-refractivity contribution is 0.285. The van der Waals surface area contributed by atoms with Gasteiger partial charge in [0.05, 0.1) is 6.61 Å². The summed E-state index contributed by atoms with van der Waals surface area (Å²) in [6, 6.07) is 0. The minimum Gasteiger partial charge on any atom is -0.477 e. The second-order valence-electron chi connectivity index (χ2n) is 6.10. The molecule has 1 saturated carbocycles. The van der Waals surface area contributed by atoms with Crippen molar-refractivity contribution in [1.82, 2.24) is 9.97 Å². The summed E-state index contributed by atoms with van der Waals surface area (Å²) in [6.07, 6.45) is 3.81. The summed E-state index contributed by atoms with van der Waals surface area (Å²) in [5.41, 5.74) is 0.715. The second kappa shape index (κ2) is 5.04. The highest BCUT2D eigenvalue weighted by Gasteiger charge is 2.23. The van der Waals surface area contributed by atoms with Crippen LogP contribution in [0.2, 0.25) is 5.15 Å². The molecule has 0 N–H and O–H groups in total. The molecule has 1 aliphatic carbocycles. The number of rotatable bonds is 4. The van der Waals surface area contributed by atoms with Crippen LogP contribution in [0.3, 0.4) is 0 Å². The first-order chi connectivity index (χ1) is 8.38. The number of nitrogens with zero attached hydrogens (tertiary/aromatic N) is 2. The van der Waals surface area contributed by atoms with E-state index in [0.717, 1.165) is 30.3 Å². The van der Waals surface area contributed by atoms with Gasteiger partial charge in [-0.25, -0.2) is 4.98 Å². The smallest absolute Gasteiger partial charge is 0.221 e. The molecule has 3 nitrogen and oxygen atoms in total. The van der Waals surface area contributed by atoms with Crippen LogP contribution in [0.25, 0.3) is 0 Å². The van der Waals surface area contributed by atoms with Crippen LogP contribution in [0.5, 0.6) is 5.88 Å². The Morgan fingerprint density at radius 2 is 1.94 bits per heavy atom. The molecule has 0 aliphatic heterocycles. The Hall–Kier alpha value is -0.830. The van der Waals surface area contributed by atoms with Crippen molar-refractivity contribution in [2.45, 2.75) is 52.4 Å². The lowest BCUT2D eigenvalue weighted by Gasteiger charge is -2.19. The molecule has 0 amide bonds. The van der Waals surface area contributed by atoms with Crippen molar-refractivity contribution in [3.63, 3.8) is 0 Å². The third-order valence-corrected chi connectivity index (χ3v) is 3.54. The second-order valence-corrected chi connectivity index (χ2v) is 6.46. The van der Waals surface area contributed by atoms with Crippen LogP contribution >= 0.6 is 11.6 Å². The predicted octanol–water partition coefficient (Wildman–Crippen LogP) is 3.91. The van der Waals surface area contributed by atoms with Gasteiger partial charge >= 0.3 is 0 Å². The number of halogens is 1. The van der Waals surface area contributed by atoms with Gasteiger partial charge < -0.3 is 4.74 Å². The molecule has 0 spiro atoms. The van der Waals surface area contributed by atoms with Gasteiger partial charge in [-0.2, -0.15) is 4.98 Å². The van der Waals surface area contributed by atoms with E-state index in [1.165, 1.54) is 12.8 Å². The van der Waals surface area contributed by atoms with Gasteiger partial charge in [0.1, 0.15) is 11.0 Å². The molecule has 1 aromatic heterocycles. The van der Waals surface area contributed by atoms with E-state index in [2.05, 4.69) is 30.7 Å². The normalized spacial score (nSPS) is 15.8. The van der Waals surface area contributed by atoms with Gasteiger partial charge in [-0.3, -0.25) is 0 Å². The van der Waals surface area contributed by atoms with Gasteiger partial charge in [-0.15, -0.1) is 0 Å². The lowest BCUT2D eigenvalue weighted by Crippen LogP contribution is -2.17. The SMILES string of the molecule is Cc1c(Cl)nc(C(C)(C)C)nc1OCCC1CC1. The zero-order chi connectivity index (χ0) is 13.3. The van der Waals surface area contributed by atoms with Crippen LogP contribution in [0.15, 0.2) is 0 Å². The van der Waals surface area contributed by atoms with E-state index in [1.807, 2.05) is 6.92 Å². The Balaban J connectivity index is 2.13. The van der Waals surface area contributed by atoms with E-state index in [4.69, 9.17) is 16.3 Å². The average Bonchev–Trinajstić information content (AvgIpc) is 3.06. The van der Waals surface area contributed by atoms with Crippen LogP contribution in [0.1, 0.15) is 51.4 Å². The molecule has 0 bridgehead atoms. The van der Waals surface area contributed by atoms with Gasteiger partial charge in [-0.1, -0.05) is 45.2 Å². The van der Waals surface area contributed by atoms with Gasteiger partial charge in [0, 0.05) is 11.0 Å². The number of hydrogen-bond acceptors (Lipinski definition) is 3. The highest BCUT2D eigenvalue weighted by molar-refractivity contribution is 6.30. The molecule has 4 heteroatoms. The van der Waals surface area contributed by atoms with E-state index >= 15 is 0 Å². The monoisotopic (exact) mass is 268 g/mol. The minimum absolute atomic E-state index is 0.119. The first-order valence-electron chi connectivity index (χ1n) is 6.55. The Morgan fingerprint density at radius 3 is 2.50 bits per heavy atom. The van der Waals surface area contributed by atoms with Crippen LogP contribution in [0.4, 0.5) is 0 Å². The van der Waals surface area contributed by atoms with E-state index in [0.29, 0.717) is 11.0 Å². The zero-order valence-electron chi connectivity index (χ0n) is 11.6. The molecule has 0 atom stereocenters. The van der Waals surface area contributed by atoms with Crippen molar-refractivity contribution in [2.24, 2.45) is 5.92 Å². The van der Waals surface area contributed by atoms with Gasteiger partial charge in [0.25, 0.3) is 0 Å². The van der Waals surface area contributed by atoms with Gasteiger partial charge in [0.2, 0.25) is 5.88 Å². The summed E-state index contributed by atoms with van der Waals surface area (Å²) < 4.78 is 5.77. The van der Waals surface area contributed by atoms with Gasteiger partial charge in [0.15, 0.2) is 0 Å². The average molecular weight is 269 g/mol. The summed E-state index contributed by atoms with van der Waals surface area (Å²) in [5, 5.41) is 0.497. The summed E-state index contributed by atoms with van der Waals surface area (Å²) in [6.45, 7) is 8.84. The summed E-state index contributed by atoms with van der Waals surface area (Å²) in [7, 11) is 0. The Kier molecular flexibility index (Phi) is 3.81. The van der Waals surface area contributed by atoms with Crippen LogP contribution in [-0.4, -0.2) is 16.6 Å². The molecule has 0 radical (unpaired) electrons. The van der Waals surface area contributed by atoms with Crippen molar-refractivity contribution < 1.29 is 4.74 Å². The molecule has 1 aromatic rings. The van der Waals surface area contributed by atoms with Crippen molar-refractivity contribution in [1.29, 1.82) is 0 Å². The van der Waals surface area contributed by atoms with Crippen LogP contribution < -0.4 is 4.74 Å². The summed E-state index contributed by atoms with van der Waals surface area (Å²) in [5.74, 6) is 2.24. The minimum atomic E-state index is -0.119. The largest absolute Gasteiger partial charge is 0.477 e.